The fraction of sp³-hybridized carbons (Fsp3) is 1.00. The van der Waals surface area contributed by atoms with E-state index in [0.717, 1.165) is 0 Å². The van der Waals surface area contributed by atoms with E-state index in [4.69, 9.17) is 24.5 Å². The molecule has 0 aromatic heterocycles. The van der Waals surface area contributed by atoms with Gasteiger partial charge in [0.2, 0.25) is 0 Å². The summed E-state index contributed by atoms with van der Waals surface area (Å²) in [6.45, 7) is -1.18. The van der Waals surface area contributed by atoms with Gasteiger partial charge in [-0.2, -0.15) is 0 Å². The van der Waals surface area contributed by atoms with Gasteiger partial charge in [-0.15, -0.1) is 0 Å². The van der Waals surface area contributed by atoms with Crippen molar-refractivity contribution in [2.24, 2.45) is 0 Å². The molecule has 0 amide bonds. The topological polar surface area (TPSA) is 120 Å². The van der Waals surface area contributed by atoms with E-state index in [1.807, 2.05) is 0 Å². The molecule has 7 nitrogen and oxygen atoms in total. The van der Waals surface area contributed by atoms with Crippen LogP contribution in [0.25, 0.3) is 0 Å². The van der Waals surface area contributed by atoms with Crippen LogP contribution in [0.15, 0.2) is 0 Å². The van der Waals surface area contributed by atoms with E-state index in [2.05, 4.69) is 0 Å². The first-order valence-electron chi connectivity index (χ1n) is 4.17. The first-order chi connectivity index (χ1) is 6.60. The summed E-state index contributed by atoms with van der Waals surface area (Å²) in [7, 11) is -1.56. The van der Waals surface area contributed by atoms with Crippen LogP contribution in [0.2, 0.25) is 0 Å². The molecule has 0 aliphatic carbocycles. The molecule has 0 aromatic rings. The molecule has 9 heteroatoms. The third-order valence-corrected chi connectivity index (χ3v) is 2.00. The molecule has 0 spiro atoms. The molecule has 5 N–H and O–H groups in total. The largest absolute Gasteiger partial charge is 0.637 e. The Kier molecular flexibility index (Phi) is 7.55. The maximum absolute atomic E-state index is 9.23. The van der Waals surface area contributed by atoms with E-state index >= 15 is 0 Å². The van der Waals surface area contributed by atoms with Gasteiger partial charge in [0.25, 0.3) is 0 Å². The zero-order valence-corrected chi connectivity index (χ0v) is 10.4. The molecule has 4 atom stereocenters. The van der Waals surface area contributed by atoms with E-state index in [-0.39, 0.29) is 29.6 Å². The number of hydrogen-bond donors (Lipinski definition) is 5. The van der Waals surface area contributed by atoms with Gasteiger partial charge >= 0.3 is 7.32 Å². The Morgan fingerprint density at radius 1 is 1.00 bits per heavy atom. The number of aliphatic hydroxyl groups excluding tert-OH is 4. The fourth-order valence-corrected chi connectivity index (χ4v) is 1.28. The van der Waals surface area contributed by atoms with Gasteiger partial charge in [0.15, 0.2) is 0 Å². The standard InChI is InChI=1S/C6H13BO7.Na/c8-1-3(10)5-6(4(11)2-9)14-7(12)13-5;/h3-6,8-12H,1-2H2;. The van der Waals surface area contributed by atoms with Gasteiger partial charge in [-0.05, 0) is 0 Å². The molecule has 1 heterocycles. The fourth-order valence-electron chi connectivity index (χ4n) is 1.28. The zero-order chi connectivity index (χ0) is 10.7. The Hall–Kier alpha value is 0.785. The minimum absolute atomic E-state index is 0. The Labute approximate surface area is 109 Å². The van der Waals surface area contributed by atoms with Crippen LogP contribution < -0.4 is 0 Å². The van der Waals surface area contributed by atoms with Crippen molar-refractivity contribution >= 4 is 36.9 Å². The summed E-state index contributed by atoms with van der Waals surface area (Å²) >= 11 is 0. The predicted molar refractivity (Wildman–Crippen MR) is 49.7 cm³/mol. The smallest absolute Gasteiger partial charge is 0.402 e. The van der Waals surface area contributed by atoms with Gasteiger partial charge < -0.3 is 34.8 Å². The summed E-state index contributed by atoms with van der Waals surface area (Å²) in [6, 6.07) is 0. The minimum Gasteiger partial charge on any atom is -0.402 e. The quantitative estimate of drug-likeness (QED) is 0.313. The van der Waals surface area contributed by atoms with Gasteiger partial charge in [0, 0.05) is 29.6 Å². The Morgan fingerprint density at radius 2 is 1.33 bits per heavy atom. The van der Waals surface area contributed by atoms with E-state index in [0.29, 0.717) is 0 Å². The summed E-state index contributed by atoms with van der Waals surface area (Å²) in [4.78, 5) is 0. The minimum atomic E-state index is -1.56. The summed E-state index contributed by atoms with van der Waals surface area (Å²) in [5, 5.41) is 44.7. The van der Waals surface area contributed by atoms with E-state index < -0.39 is 45.0 Å². The number of rotatable bonds is 4. The summed E-state index contributed by atoms with van der Waals surface area (Å²) < 4.78 is 9.40. The van der Waals surface area contributed by atoms with Crippen LogP contribution in [0.4, 0.5) is 0 Å². The van der Waals surface area contributed by atoms with Crippen molar-refractivity contribution in [3.8, 4) is 0 Å². The molecule has 0 aromatic carbocycles. The first-order valence-corrected chi connectivity index (χ1v) is 4.17. The molecule has 1 aliphatic rings. The number of hydrogen-bond acceptors (Lipinski definition) is 7. The molecule has 1 radical (unpaired) electrons. The third-order valence-electron chi connectivity index (χ3n) is 2.00. The molecular formula is C6H13BNaO7. The normalized spacial score (nSPS) is 29.8. The second kappa shape index (κ2) is 7.18. The van der Waals surface area contributed by atoms with Gasteiger partial charge in [0.05, 0.1) is 13.2 Å². The maximum Gasteiger partial charge on any atom is 0.637 e. The van der Waals surface area contributed by atoms with Crippen LogP contribution in [-0.4, -0.2) is 100.0 Å². The SMILES string of the molecule is OCC(O)C1OB(O)OC1C(O)CO.[Na]. The summed E-state index contributed by atoms with van der Waals surface area (Å²) in [5.41, 5.74) is 0. The van der Waals surface area contributed by atoms with Crippen molar-refractivity contribution < 1.29 is 34.8 Å². The van der Waals surface area contributed by atoms with E-state index in [1.165, 1.54) is 0 Å². The van der Waals surface area contributed by atoms with Crippen LogP contribution >= 0.6 is 0 Å². The zero-order valence-electron chi connectivity index (χ0n) is 8.35. The van der Waals surface area contributed by atoms with Gasteiger partial charge in [-0.3, -0.25) is 0 Å². The van der Waals surface area contributed by atoms with Crippen molar-refractivity contribution in [2.45, 2.75) is 24.4 Å². The second-order valence-corrected chi connectivity index (χ2v) is 3.01. The second-order valence-electron chi connectivity index (χ2n) is 3.01. The average molecular weight is 231 g/mol. The summed E-state index contributed by atoms with van der Waals surface area (Å²) in [6.07, 6.45) is -4.68. The molecule has 15 heavy (non-hydrogen) atoms. The Balaban J connectivity index is 0.00000196. The van der Waals surface area contributed by atoms with Crippen molar-refractivity contribution in [3.05, 3.63) is 0 Å². The van der Waals surface area contributed by atoms with Gasteiger partial charge in [-0.25, -0.2) is 0 Å². The average Bonchev–Trinajstić information content (AvgIpc) is 2.58. The first kappa shape index (κ1) is 15.8. The van der Waals surface area contributed by atoms with Crippen LogP contribution in [0, 0.1) is 0 Å². The van der Waals surface area contributed by atoms with E-state index in [1.54, 1.807) is 0 Å². The molecule has 1 rings (SSSR count). The third kappa shape index (κ3) is 3.93. The predicted octanol–water partition coefficient (Wildman–Crippen LogP) is -3.93. The molecule has 83 valence electrons. The Morgan fingerprint density at radius 3 is 1.60 bits per heavy atom. The van der Waals surface area contributed by atoms with Crippen molar-refractivity contribution in [3.63, 3.8) is 0 Å². The van der Waals surface area contributed by atoms with Crippen molar-refractivity contribution in [1.82, 2.24) is 0 Å². The van der Waals surface area contributed by atoms with E-state index in [9.17, 15) is 10.2 Å². The van der Waals surface area contributed by atoms with Gasteiger partial charge in [0.1, 0.15) is 24.4 Å². The Bertz CT molecular complexity index is 167. The molecular weight excluding hydrogens is 218 g/mol. The van der Waals surface area contributed by atoms with Crippen LogP contribution in [-0.2, 0) is 9.31 Å². The monoisotopic (exact) mass is 231 g/mol. The van der Waals surface area contributed by atoms with Gasteiger partial charge in [-0.1, -0.05) is 0 Å². The number of aliphatic hydroxyl groups is 4. The molecule has 0 bridgehead atoms. The molecule has 1 fully saturated rings. The van der Waals surface area contributed by atoms with Crippen molar-refractivity contribution in [1.29, 1.82) is 0 Å². The molecule has 1 saturated heterocycles. The summed E-state index contributed by atoms with van der Waals surface area (Å²) in [5.74, 6) is 0. The maximum atomic E-state index is 9.23. The molecule has 4 unspecified atom stereocenters. The molecule has 1 aliphatic heterocycles. The van der Waals surface area contributed by atoms with Crippen LogP contribution in [0.1, 0.15) is 0 Å². The van der Waals surface area contributed by atoms with Crippen molar-refractivity contribution in [2.75, 3.05) is 13.2 Å². The van der Waals surface area contributed by atoms with Crippen LogP contribution in [0.5, 0.6) is 0 Å². The molecule has 0 saturated carbocycles. The van der Waals surface area contributed by atoms with Crippen LogP contribution in [0.3, 0.4) is 0 Å².